The number of alkyl halides is 1. The molecule has 0 aromatic rings. The third kappa shape index (κ3) is 6.77. The summed E-state index contributed by atoms with van der Waals surface area (Å²) >= 11 is 5.59. The number of carbonyl (C=O) groups is 1. The zero-order chi connectivity index (χ0) is 11.8. The molecule has 90 valence electrons. The molecule has 3 heteroatoms. The van der Waals surface area contributed by atoms with Crippen molar-refractivity contribution < 1.29 is 4.79 Å². The molecule has 1 amide bonds. The molecule has 0 atom stereocenters. The molecule has 0 saturated carbocycles. The lowest BCUT2D eigenvalue weighted by molar-refractivity contribution is -0.133. The van der Waals surface area contributed by atoms with Crippen molar-refractivity contribution >= 4 is 17.5 Å². The van der Waals surface area contributed by atoms with Gasteiger partial charge in [0.2, 0.25) is 5.91 Å². The fourth-order valence-corrected chi connectivity index (χ4v) is 1.70. The van der Waals surface area contributed by atoms with E-state index >= 15 is 0 Å². The Morgan fingerprint density at radius 3 is 2.20 bits per heavy atom. The van der Waals surface area contributed by atoms with Crippen molar-refractivity contribution in [1.82, 2.24) is 4.90 Å². The molecule has 0 aromatic carbocycles. The van der Waals surface area contributed by atoms with Gasteiger partial charge in [-0.3, -0.25) is 4.79 Å². The van der Waals surface area contributed by atoms with E-state index in [1.54, 1.807) is 0 Å². The summed E-state index contributed by atoms with van der Waals surface area (Å²) in [5.41, 5.74) is 0. The number of halogens is 1. The van der Waals surface area contributed by atoms with Crippen molar-refractivity contribution in [3.05, 3.63) is 0 Å². The maximum absolute atomic E-state index is 11.9. The van der Waals surface area contributed by atoms with E-state index in [-0.39, 0.29) is 5.91 Å². The maximum atomic E-state index is 11.9. The van der Waals surface area contributed by atoms with Gasteiger partial charge in [0, 0.05) is 24.9 Å². The van der Waals surface area contributed by atoms with Crippen LogP contribution in [0.3, 0.4) is 0 Å². The Morgan fingerprint density at radius 1 is 1.20 bits per heavy atom. The monoisotopic (exact) mass is 233 g/mol. The second-order valence-corrected chi connectivity index (χ2v) is 5.06. The summed E-state index contributed by atoms with van der Waals surface area (Å²) < 4.78 is 0. The minimum atomic E-state index is 0.267. The summed E-state index contributed by atoms with van der Waals surface area (Å²) in [7, 11) is 0. The number of rotatable bonds is 7. The van der Waals surface area contributed by atoms with Gasteiger partial charge in [-0.15, -0.1) is 11.6 Å². The first-order valence-corrected chi connectivity index (χ1v) is 6.38. The molecule has 0 bridgehead atoms. The van der Waals surface area contributed by atoms with Crippen LogP contribution in [0, 0.1) is 5.92 Å². The lowest BCUT2D eigenvalue weighted by Gasteiger charge is -2.28. The molecule has 0 heterocycles. The van der Waals surface area contributed by atoms with Crippen LogP contribution in [0.2, 0.25) is 0 Å². The highest BCUT2D eigenvalue weighted by molar-refractivity contribution is 6.17. The Balaban J connectivity index is 4.05. The molecule has 0 fully saturated rings. The van der Waals surface area contributed by atoms with E-state index < -0.39 is 0 Å². The normalized spacial score (nSPS) is 11.1. The molecule has 0 radical (unpaired) electrons. The summed E-state index contributed by atoms with van der Waals surface area (Å²) in [6.45, 7) is 9.28. The maximum Gasteiger partial charge on any atom is 0.222 e. The molecule has 0 aromatic heterocycles. The topological polar surface area (TPSA) is 20.3 Å². The van der Waals surface area contributed by atoms with Crippen molar-refractivity contribution in [2.24, 2.45) is 5.92 Å². The summed E-state index contributed by atoms with van der Waals surface area (Å²) in [6, 6.07) is 0.302. The molecule has 0 spiro atoms. The average Bonchev–Trinajstić information content (AvgIpc) is 2.13. The zero-order valence-electron chi connectivity index (χ0n) is 10.4. The van der Waals surface area contributed by atoms with Crippen LogP contribution in [0.1, 0.15) is 47.0 Å². The molecular formula is C12H24ClNO. The predicted molar refractivity (Wildman–Crippen MR) is 66.3 cm³/mol. The molecule has 0 aliphatic carbocycles. The van der Waals surface area contributed by atoms with Crippen molar-refractivity contribution in [2.75, 3.05) is 12.4 Å². The van der Waals surface area contributed by atoms with Gasteiger partial charge in [-0.05, 0) is 32.6 Å². The van der Waals surface area contributed by atoms with Crippen LogP contribution >= 0.6 is 11.6 Å². The molecule has 0 aliphatic heterocycles. The fourth-order valence-electron chi connectivity index (χ4n) is 1.51. The molecule has 0 saturated heterocycles. The van der Waals surface area contributed by atoms with Crippen LogP contribution in [0.15, 0.2) is 0 Å². The number of carbonyl (C=O) groups excluding carboxylic acids is 1. The third-order valence-electron chi connectivity index (χ3n) is 2.28. The predicted octanol–water partition coefficient (Wildman–Crippen LogP) is 3.29. The first-order valence-electron chi connectivity index (χ1n) is 5.84. The minimum absolute atomic E-state index is 0.267. The smallest absolute Gasteiger partial charge is 0.222 e. The van der Waals surface area contributed by atoms with Gasteiger partial charge in [-0.1, -0.05) is 13.8 Å². The quantitative estimate of drug-likeness (QED) is 0.488. The Morgan fingerprint density at radius 2 is 1.80 bits per heavy atom. The number of nitrogens with zero attached hydrogens (tertiary/aromatic N) is 1. The molecule has 0 aliphatic rings. The van der Waals surface area contributed by atoms with Gasteiger partial charge >= 0.3 is 0 Å². The highest BCUT2D eigenvalue weighted by Gasteiger charge is 2.17. The van der Waals surface area contributed by atoms with Gasteiger partial charge in [-0.2, -0.15) is 0 Å². The van der Waals surface area contributed by atoms with Crippen LogP contribution < -0.4 is 0 Å². The molecule has 0 N–H and O–H groups in total. The SMILES string of the molecule is CC(C)CN(C(=O)CCCCCl)C(C)C. The average molecular weight is 234 g/mol. The summed E-state index contributed by atoms with van der Waals surface area (Å²) in [5, 5.41) is 0. The van der Waals surface area contributed by atoms with Crippen LogP contribution in [0.5, 0.6) is 0 Å². The van der Waals surface area contributed by atoms with Crippen molar-refractivity contribution in [1.29, 1.82) is 0 Å². The molecule has 0 unspecified atom stereocenters. The van der Waals surface area contributed by atoms with E-state index in [4.69, 9.17) is 11.6 Å². The van der Waals surface area contributed by atoms with Gasteiger partial charge in [-0.25, -0.2) is 0 Å². The van der Waals surface area contributed by atoms with Crippen LogP contribution in [-0.4, -0.2) is 29.3 Å². The van der Waals surface area contributed by atoms with E-state index in [1.807, 2.05) is 4.90 Å². The van der Waals surface area contributed by atoms with Gasteiger partial charge in [0.05, 0.1) is 0 Å². The van der Waals surface area contributed by atoms with Gasteiger partial charge in [0.25, 0.3) is 0 Å². The van der Waals surface area contributed by atoms with E-state index in [0.717, 1.165) is 19.4 Å². The Bertz CT molecular complexity index is 180. The van der Waals surface area contributed by atoms with E-state index in [1.165, 1.54) is 0 Å². The molecular weight excluding hydrogens is 210 g/mol. The number of hydrogen-bond donors (Lipinski definition) is 0. The first-order chi connectivity index (χ1) is 6.99. The van der Waals surface area contributed by atoms with Gasteiger partial charge in [0.15, 0.2) is 0 Å². The highest BCUT2D eigenvalue weighted by atomic mass is 35.5. The second kappa shape index (κ2) is 7.98. The minimum Gasteiger partial charge on any atom is -0.340 e. The van der Waals surface area contributed by atoms with E-state index in [0.29, 0.717) is 24.3 Å². The van der Waals surface area contributed by atoms with Crippen LogP contribution in [-0.2, 0) is 4.79 Å². The van der Waals surface area contributed by atoms with Gasteiger partial charge < -0.3 is 4.90 Å². The van der Waals surface area contributed by atoms with Crippen LogP contribution in [0.25, 0.3) is 0 Å². The Kier molecular flexibility index (Phi) is 7.85. The fraction of sp³-hybridized carbons (Fsp3) is 0.917. The standard InChI is InChI=1S/C12H24ClNO/c1-10(2)9-14(11(3)4)12(15)7-5-6-8-13/h10-11H,5-9H2,1-4H3. The molecule has 2 nitrogen and oxygen atoms in total. The second-order valence-electron chi connectivity index (χ2n) is 4.68. The Labute approximate surface area is 99.0 Å². The molecule has 0 rings (SSSR count). The zero-order valence-corrected chi connectivity index (χ0v) is 11.2. The highest BCUT2D eigenvalue weighted by Crippen LogP contribution is 2.09. The summed E-state index contributed by atoms with van der Waals surface area (Å²) in [4.78, 5) is 13.8. The van der Waals surface area contributed by atoms with E-state index in [2.05, 4.69) is 27.7 Å². The number of unbranched alkanes of at least 4 members (excludes halogenated alkanes) is 1. The lowest BCUT2D eigenvalue weighted by atomic mass is 10.1. The van der Waals surface area contributed by atoms with Crippen LogP contribution in [0.4, 0.5) is 0 Å². The van der Waals surface area contributed by atoms with Crippen molar-refractivity contribution in [2.45, 2.75) is 53.0 Å². The lowest BCUT2D eigenvalue weighted by Crippen LogP contribution is -2.39. The van der Waals surface area contributed by atoms with Crippen molar-refractivity contribution in [3.8, 4) is 0 Å². The van der Waals surface area contributed by atoms with Gasteiger partial charge in [0.1, 0.15) is 0 Å². The first kappa shape index (κ1) is 14.8. The van der Waals surface area contributed by atoms with Crippen molar-refractivity contribution in [3.63, 3.8) is 0 Å². The van der Waals surface area contributed by atoms with E-state index in [9.17, 15) is 4.79 Å². The molecule has 15 heavy (non-hydrogen) atoms. The largest absolute Gasteiger partial charge is 0.340 e. The summed E-state index contributed by atoms with van der Waals surface area (Å²) in [6.07, 6.45) is 2.47. The number of amides is 1. The third-order valence-corrected chi connectivity index (χ3v) is 2.55. The summed E-state index contributed by atoms with van der Waals surface area (Å²) in [5.74, 6) is 1.45. The number of hydrogen-bond acceptors (Lipinski definition) is 1. The Hall–Kier alpha value is -0.240.